The van der Waals surface area contributed by atoms with Gasteiger partial charge in [0.15, 0.2) is 5.65 Å². The first kappa shape index (κ1) is 19.5. The molecule has 0 bridgehead atoms. The zero-order valence-electron chi connectivity index (χ0n) is 16.7. The highest BCUT2D eigenvalue weighted by molar-refractivity contribution is 6.07. The number of hydrogen-bond acceptors (Lipinski definition) is 5. The number of hydrogen-bond donors (Lipinski definition) is 1. The van der Waals surface area contributed by atoms with Crippen LogP contribution in [0.3, 0.4) is 0 Å². The number of aryl methyl sites for hydroxylation is 3. The van der Waals surface area contributed by atoms with E-state index in [1.54, 1.807) is 24.6 Å². The number of fused-ring (bicyclic) bond motifs is 1. The molecule has 0 aliphatic rings. The molecule has 0 radical (unpaired) electrons. The van der Waals surface area contributed by atoms with Gasteiger partial charge in [0.25, 0.3) is 5.91 Å². The van der Waals surface area contributed by atoms with Crippen LogP contribution in [0.1, 0.15) is 41.2 Å². The van der Waals surface area contributed by atoms with Crippen LogP contribution in [0.15, 0.2) is 30.3 Å². The van der Waals surface area contributed by atoms with Crippen LogP contribution in [0.2, 0.25) is 0 Å². The maximum Gasteiger partial charge on any atom is 0.328 e. The highest BCUT2D eigenvalue weighted by Gasteiger charge is 2.23. The predicted octanol–water partition coefficient (Wildman–Crippen LogP) is 3.03. The molecule has 0 unspecified atom stereocenters. The van der Waals surface area contributed by atoms with E-state index in [-0.39, 0.29) is 12.5 Å². The molecule has 2 heterocycles. The SMILES string of the molecule is CCOC(=O)[C@H](C)NC(=O)c1cc(C)nc2c1c(C)nn2-c1ccc(C)cc1. The Morgan fingerprint density at radius 2 is 1.86 bits per heavy atom. The van der Waals surface area contributed by atoms with Gasteiger partial charge in [-0.3, -0.25) is 4.79 Å². The van der Waals surface area contributed by atoms with Gasteiger partial charge in [-0.15, -0.1) is 0 Å². The molecule has 0 spiro atoms. The number of amides is 1. The minimum Gasteiger partial charge on any atom is -0.464 e. The molecular formula is C21H24N4O3. The minimum absolute atomic E-state index is 0.264. The molecule has 7 nitrogen and oxygen atoms in total. The van der Waals surface area contributed by atoms with E-state index in [0.29, 0.717) is 28.0 Å². The van der Waals surface area contributed by atoms with E-state index >= 15 is 0 Å². The van der Waals surface area contributed by atoms with Gasteiger partial charge in [-0.1, -0.05) is 17.7 Å². The van der Waals surface area contributed by atoms with E-state index in [0.717, 1.165) is 11.3 Å². The monoisotopic (exact) mass is 380 g/mol. The number of carbonyl (C=O) groups excluding carboxylic acids is 2. The molecule has 2 aromatic heterocycles. The highest BCUT2D eigenvalue weighted by atomic mass is 16.5. The summed E-state index contributed by atoms with van der Waals surface area (Å²) in [7, 11) is 0. The molecule has 0 aliphatic carbocycles. The third-order valence-electron chi connectivity index (χ3n) is 4.45. The zero-order chi connectivity index (χ0) is 20.4. The topological polar surface area (TPSA) is 86.1 Å². The summed E-state index contributed by atoms with van der Waals surface area (Å²) in [5.41, 5.74) is 4.44. The van der Waals surface area contributed by atoms with Crippen molar-refractivity contribution in [2.45, 2.75) is 40.7 Å². The van der Waals surface area contributed by atoms with Crippen molar-refractivity contribution in [3.8, 4) is 5.69 Å². The maximum absolute atomic E-state index is 12.9. The van der Waals surface area contributed by atoms with E-state index in [1.807, 2.05) is 45.0 Å². The third-order valence-corrected chi connectivity index (χ3v) is 4.45. The van der Waals surface area contributed by atoms with Gasteiger partial charge in [0.1, 0.15) is 6.04 Å². The lowest BCUT2D eigenvalue weighted by Gasteiger charge is -2.13. The summed E-state index contributed by atoms with van der Waals surface area (Å²) in [6, 6.07) is 8.90. The van der Waals surface area contributed by atoms with Gasteiger partial charge in [-0.2, -0.15) is 5.10 Å². The van der Waals surface area contributed by atoms with Crippen LogP contribution in [0.5, 0.6) is 0 Å². The fraction of sp³-hybridized carbons (Fsp3) is 0.333. The van der Waals surface area contributed by atoms with Crippen molar-refractivity contribution >= 4 is 22.9 Å². The molecule has 1 N–H and O–H groups in total. The Labute approximate surface area is 163 Å². The number of nitrogens with zero attached hydrogens (tertiary/aromatic N) is 3. The van der Waals surface area contributed by atoms with Gasteiger partial charge in [0.05, 0.1) is 28.9 Å². The molecule has 146 valence electrons. The lowest BCUT2D eigenvalue weighted by Crippen LogP contribution is -2.39. The smallest absolute Gasteiger partial charge is 0.328 e. The second kappa shape index (κ2) is 7.80. The zero-order valence-corrected chi connectivity index (χ0v) is 16.7. The Morgan fingerprint density at radius 3 is 2.50 bits per heavy atom. The molecule has 1 atom stereocenters. The molecule has 0 saturated carbocycles. The van der Waals surface area contributed by atoms with Gasteiger partial charge >= 0.3 is 5.97 Å². The number of aromatic nitrogens is 3. The quantitative estimate of drug-likeness (QED) is 0.688. The maximum atomic E-state index is 12.9. The number of carbonyl (C=O) groups is 2. The molecule has 3 rings (SSSR count). The van der Waals surface area contributed by atoms with Crippen LogP contribution in [0.25, 0.3) is 16.7 Å². The van der Waals surface area contributed by atoms with Crippen molar-refractivity contribution in [2.75, 3.05) is 6.61 Å². The van der Waals surface area contributed by atoms with Crippen molar-refractivity contribution in [3.05, 3.63) is 52.8 Å². The lowest BCUT2D eigenvalue weighted by molar-refractivity contribution is -0.144. The third kappa shape index (κ3) is 3.74. The van der Waals surface area contributed by atoms with E-state index in [9.17, 15) is 9.59 Å². The summed E-state index contributed by atoms with van der Waals surface area (Å²) < 4.78 is 6.70. The molecule has 0 saturated heterocycles. The van der Waals surface area contributed by atoms with Crippen LogP contribution in [0.4, 0.5) is 0 Å². The Hall–Kier alpha value is -3.22. The standard InChI is InChI=1S/C21H24N4O3/c1-6-28-21(27)15(5)23-20(26)17-11-13(3)22-19-18(17)14(4)24-25(19)16-9-7-12(2)8-10-16/h7-11,15H,6H2,1-5H3,(H,23,26)/t15-/m0/s1. The fourth-order valence-electron chi connectivity index (χ4n) is 3.06. The Morgan fingerprint density at radius 1 is 1.18 bits per heavy atom. The Kier molecular flexibility index (Phi) is 5.44. The van der Waals surface area contributed by atoms with E-state index in [4.69, 9.17) is 4.74 Å². The summed E-state index contributed by atoms with van der Waals surface area (Å²) in [4.78, 5) is 29.4. The van der Waals surface area contributed by atoms with Crippen molar-refractivity contribution in [2.24, 2.45) is 0 Å². The summed E-state index contributed by atoms with van der Waals surface area (Å²) in [6.45, 7) is 9.28. The summed E-state index contributed by atoms with van der Waals surface area (Å²) in [6.07, 6.45) is 0. The number of benzene rings is 1. The van der Waals surface area contributed by atoms with Gasteiger partial charge in [-0.05, 0) is 52.8 Å². The van der Waals surface area contributed by atoms with Crippen LogP contribution >= 0.6 is 0 Å². The van der Waals surface area contributed by atoms with Crippen LogP contribution in [0, 0.1) is 20.8 Å². The van der Waals surface area contributed by atoms with Crippen molar-refractivity contribution in [1.29, 1.82) is 0 Å². The van der Waals surface area contributed by atoms with E-state index in [2.05, 4.69) is 15.4 Å². The minimum atomic E-state index is -0.747. The largest absolute Gasteiger partial charge is 0.464 e. The second-order valence-corrected chi connectivity index (χ2v) is 6.79. The van der Waals surface area contributed by atoms with Gasteiger partial charge < -0.3 is 10.1 Å². The second-order valence-electron chi connectivity index (χ2n) is 6.79. The Balaban J connectivity index is 2.05. The normalized spacial score (nSPS) is 12.0. The number of rotatable bonds is 5. The first-order chi connectivity index (χ1) is 13.3. The highest BCUT2D eigenvalue weighted by Crippen LogP contribution is 2.25. The molecular weight excluding hydrogens is 356 g/mol. The summed E-state index contributed by atoms with van der Waals surface area (Å²) in [5, 5.41) is 7.97. The van der Waals surface area contributed by atoms with Crippen molar-refractivity contribution < 1.29 is 14.3 Å². The molecule has 3 aromatic rings. The number of ether oxygens (including phenoxy) is 1. The number of pyridine rings is 1. The first-order valence-corrected chi connectivity index (χ1v) is 9.23. The average Bonchev–Trinajstić information content (AvgIpc) is 2.98. The van der Waals surface area contributed by atoms with Crippen LogP contribution in [-0.2, 0) is 9.53 Å². The summed E-state index contributed by atoms with van der Waals surface area (Å²) >= 11 is 0. The fourth-order valence-corrected chi connectivity index (χ4v) is 3.06. The Bertz CT molecular complexity index is 1040. The molecule has 28 heavy (non-hydrogen) atoms. The van der Waals surface area contributed by atoms with Crippen LogP contribution < -0.4 is 5.32 Å². The van der Waals surface area contributed by atoms with E-state index < -0.39 is 12.0 Å². The van der Waals surface area contributed by atoms with E-state index in [1.165, 1.54) is 0 Å². The lowest BCUT2D eigenvalue weighted by atomic mass is 10.1. The van der Waals surface area contributed by atoms with Crippen molar-refractivity contribution in [1.82, 2.24) is 20.1 Å². The van der Waals surface area contributed by atoms with Gasteiger partial charge in [-0.25, -0.2) is 14.5 Å². The molecule has 1 aromatic carbocycles. The predicted molar refractivity (Wildman–Crippen MR) is 107 cm³/mol. The molecule has 7 heteroatoms. The van der Waals surface area contributed by atoms with Crippen LogP contribution in [-0.4, -0.2) is 39.3 Å². The summed E-state index contributed by atoms with van der Waals surface area (Å²) in [5.74, 6) is -0.826. The molecule has 1 amide bonds. The number of esters is 1. The average molecular weight is 380 g/mol. The van der Waals surface area contributed by atoms with Gasteiger partial charge in [0, 0.05) is 5.69 Å². The first-order valence-electron chi connectivity index (χ1n) is 9.23. The van der Waals surface area contributed by atoms with Gasteiger partial charge in [0.2, 0.25) is 0 Å². The van der Waals surface area contributed by atoms with Crippen molar-refractivity contribution in [3.63, 3.8) is 0 Å². The molecule has 0 aliphatic heterocycles. The number of nitrogens with one attached hydrogen (secondary N) is 1. The molecule has 0 fully saturated rings.